The maximum absolute atomic E-state index is 12.4. The van der Waals surface area contributed by atoms with Crippen LogP contribution in [0, 0.1) is 6.92 Å². The molecule has 2 aromatic rings. The summed E-state index contributed by atoms with van der Waals surface area (Å²) in [7, 11) is 0. The Morgan fingerprint density at radius 3 is 3.00 bits per heavy atom. The highest BCUT2D eigenvalue weighted by molar-refractivity contribution is 6.32. The number of ether oxygens (including phenoxy) is 1. The van der Waals surface area contributed by atoms with Crippen LogP contribution in [0.5, 0.6) is 5.75 Å². The lowest BCUT2D eigenvalue weighted by molar-refractivity contribution is -0.116. The first-order valence-electron chi connectivity index (χ1n) is 6.32. The molecule has 21 heavy (non-hydrogen) atoms. The number of hydrogen-bond acceptors (Lipinski definition) is 3. The highest BCUT2D eigenvalue weighted by Crippen LogP contribution is 2.28. The van der Waals surface area contributed by atoms with E-state index < -0.39 is 18.1 Å². The molecule has 2 rings (SSSR count). The van der Waals surface area contributed by atoms with Gasteiger partial charge >= 0.3 is 0 Å². The highest BCUT2D eigenvalue weighted by atomic mass is 35.5. The van der Waals surface area contributed by atoms with Crippen LogP contribution in [0.2, 0.25) is 0 Å². The molecule has 1 heterocycles. The summed E-state index contributed by atoms with van der Waals surface area (Å²) in [4.78, 5) is 12.1. The summed E-state index contributed by atoms with van der Waals surface area (Å²) in [6, 6.07) is 6.84. The van der Waals surface area contributed by atoms with Crippen LogP contribution in [0.4, 0.5) is 10.1 Å². The fraction of sp³-hybridized carbons (Fsp3) is 0.286. The molecular weight excluding hydrogens is 297 g/mol. The minimum atomic E-state index is -0.968. The van der Waals surface area contributed by atoms with E-state index in [4.69, 9.17) is 16.3 Å². The van der Waals surface area contributed by atoms with E-state index in [1.807, 2.05) is 0 Å². The zero-order valence-electron chi connectivity index (χ0n) is 11.4. The molecule has 0 spiro atoms. The van der Waals surface area contributed by atoms with Gasteiger partial charge in [-0.15, -0.1) is 11.6 Å². The summed E-state index contributed by atoms with van der Waals surface area (Å²) < 4.78 is 18.8. The second-order valence-electron chi connectivity index (χ2n) is 4.39. The largest absolute Gasteiger partial charge is 0.461 e. The predicted octanol–water partition coefficient (Wildman–Crippen LogP) is 2.74. The van der Waals surface area contributed by atoms with Crippen molar-refractivity contribution in [3.05, 3.63) is 42.2 Å². The lowest BCUT2D eigenvalue weighted by Gasteiger charge is -2.15. The first kappa shape index (κ1) is 15.3. The zero-order valence-corrected chi connectivity index (χ0v) is 12.2. The third kappa shape index (κ3) is 3.95. The van der Waals surface area contributed by atoms with E-state index in [1.165, 1.54) is 0 Å². The van der Waals surface area contributed by atoms with E-state index >= 15 is 0 Å². The van der Waals surface area contributed by atoms with Crippen LogP contribution in [-0.4, -0.2) is 27.9 Å². The van der Waals surface area contributed by atoms with Gasteiger partial charge in [-0.2, -0.15) is 5.10 Å². The van der Waals surface area contributed by atoms with Gasteiger partial charge in [0.1, 0.15) is 11.1 Å². The standard InChI is InChI=1S/C14H15ClFN3O2/c1-10-4-2-5-12(21-9-16)13(10)18-14(20)11(15)8-19-7-3-6-17-19/h2-7,11H,8-9H2,1H3,(H,18,20). The van der Waals surface area contributed by atoms with Gasteiger partial charge < -0.3 is 10.1 Å². The van der Waals surface area contributed by atoms with Crippen LogP contribution in [0.25, 0.3) is 0 Å². The van der Waals surface area contributed by atoms with Gasteiger partial charge in [-0.25, -0.2) is 4.39 Å². The Hall–Kier alpha value is -2.08. The summed E-state index contributed by atoms with van der Waals surface area (Å²) in [6.45, 7) is 1.06. The molecule has 1 N–H and O–H groups in total. The quantitative estimate of drug-likeness (QED) is 0.835. The van der Waals surface area contributed by atoms with Crippen molar-refractivity contribution < 1.29 is 13.9 Å². The third-order valence-corrected chi connectivity index (χ3v) is 3.22. The van der Waals surface area contributed by atoms with E-state index in [2.05, 4.69) is 10.4 Å². The molecule has 0 aliphatic rings. The fourth-order valence-electron chi connectivity index (χ4n) is 1.84. The molecule has 1 aromatic heterocycles. The number of aromatic nitrogens is 2. The maximum atomic E-state index is 12.4. The van der Waals surface area contributed by atoms with Gasteiger partial charge in [-0.1, -0.05) is 12.1 Å². The molecule has 0 bridgehead atoms. The lowest BCUT2D eigenvalue weighted by Crippen LogP contribution is -2.28. The monoisotopic (exact) mass is 311 g/mol. The van der Waals surface area contributed by atoms with E-state index in [0.29, 0.717) is 5.69 Å². The number of hydrogen-bond donors (Lipinski definition) is 1. The smallest absolute Gasteiger partial charge is 0.244 e. The van der Waals surface area contributed by atoms with Crippen LogP contribution in [0.1, 0.15) is 5.56 Å². The van der Waals surface area contributed by atoms with Gasteiger partial charge in [0.05, 0.1) is 12.2 Å². The number of anilines is 1. The van der Waals surface area contributed by atoms with Crippen molar-refractivity contribution in [2.75, 3.05) is 12.2 Å². The molecular formula is C14H15ClFN3O2. The molecule has 1 unspecified atom stereocenters. The number of aryl methyl sites for hydroxylation is 1. The van der Waals surface area contributed by atoms with Crippen molar-refractivity contribution in [2.24, 2.45) is 0 Å². The number of nitrogens with one attached hydrogen (secondary N) is 1. The maximum Gasteiger partial charge on any atom is 0.244 e. The Balaban J connectivity index is 2.08. The van der Waals surface area contributed by atoms with Gasteiger partial charge in [0.25, 0.3) is 0 Å². The van der Waals surface area contributed by atoms with Crippen LogP contribution >= 0.6 is 11.6 Å². The van der Waals surface area contributed by atoms with Crippen LogP contribution in [0.15, 0.2) is 36.7 Å². The predicted molar refractivity (Wildman–Crippen MR) is 78.3 cm³/mol. The van der Waals surface area contributed by atoms with Gasteiger partial charge in [0.15, 0.2) is 0 Å². The summed E-state index contributed by atoms with van der Waals surface area (Å²) in [5.74, 6) is -0.126. The van der Waals surface area contributed by atoms with Gasteiger partial charge in [-0.3, -0.25) is 9.48 Å². The van der Waals surface area contributed by atoms with E-state index in [-0.39, 0.29) is 12.3 Å². The van der Waals surface area contributed by atoms with Gasteiger partial charge in [0, 0.05) is 12.4 Å². The number of nitrogens with zero attached hydrogens (tertiary/aromatic N) is 2. The first-order chi connectivity index (χ1) is 10.1. The number of benzene rings is 1. The average molecular weight is 312 g/mol. The summed E-state index contributed by atoms with van der Waals surface area (Å²) in [5.41, 5.74) is 1.18. The minimum Gasteiger partial charge on any atom is -0.461 e. The average Bonchev–Trinajstić information content (AvgIpc) is 2.95. The van der Waals surface area contributed by atoms with Gasteiger partial charge in [-0.05, 0) is 24.6 Å². The Morgan fingerprint density at radius 2 is 2.33 bits per heavy atom. The molecule has 0 saturated heterocycles. The van der Waals surface area contributed by atoms with Crippen molar-refractivity contribution in [3.8, 4) is 5.75 Å². The summed E-state index contributed by atoms with van der Waals surface area (Å²) >= 11 is 6.07. The first-order valence-corrected chi connectivity index (χ1v) is 6.76. The van der Waals surface area contributed by atoms with E-state index in [9.17, 15) is 9.18 Å². The number of carbonyl (C=O) groups excluding carboxylic acids is 1. The molecule has 0 radical (unpaired) electrons. The normalized spacial score (nSPS) is 12.0. The molecule has 0 aliphatic carbocycles. The van der Waals surface area contributed by atoms with Crippen molar-refractivity contribution in [3.63, 3.8) is 0 Å². The molecule has 1 amide bonds. The number of alkyl halides is 2. The second kappa shape index (κ2) is 7.08. The topological polar surface area (TPSA) is 56.1 Å². The van der Waals surface area contributed by atoms with Crippen LogP contribution in [0.3, 0.4) is 0 Å². The van der Waals surface area contributed by atoms with Gasteiger partial charge in [0.2, 0.25) is 12.8 Å². The summed E-state index contributed by atoms with van der Waals surface area (Å²) in [6.07, 6.45) is 3.32. The molecule has 0 aliphatic heterocycles. The number of rotatable bonds is 6. The van der Waals surface area contributed by atoms with Crippen molar-refractivity contribution in [1.29, 1.82) is 0 Å². The Morgan fingerprint density at radius 1 is 1.52 bits per heavy atom. The second-order valence-corrected chi connectivity index (χ2v) is 4.91. The molecule has 0 saturated carbocycles. The molecule has 1 aromatic carbocycles. The van der Waals surface area contributed by atoms with E-state index in [1.54, 1.807) is 48.3 Å². The molecule has 1 atom stereocenters. The number of carbonyl (C=O) groups is 1. The molecule has 112 valence electrons. The zero-order chi connectivity index (χ0) is 15.2. The Kier molecular flexibility index (Phi) is 5.16. The molecule has 0 fully saturated rings. The lowest BCUT2D eigenvalue weighted by atomic mass is 10.2. The van der Waals surface area contributed by atoms with Crippen molar-refractivity contribution >= 4 is 23.2 Å². The fourth-order valence-corrected chi connectivity index (χ4v) is 2.03. The number of halogens is 2. The van der Waals surface area contributed by atoms with Crippen molar-refractivity contribution in [1.82, 2.24) is 9.78 Å². The SMILES string of the molecule is Cc1cccc(OCF)c1NC(=O)C(Cl)Cn1cccn1. The Bertz CT molecular complexity index is 604. The summed E-state index contributed by atoms with van der Waals surface area (Å²) in [5, 5.41) is 5.86. The van der Waals surface area contributed by atoms with Crippen LogP contribution in [-0.2, 0) is 11.3 Å². The minimum absolute atomic E-state index is 0.242. The van der Waals surface area contributed by atoms with Crippen LogP contribution < -0.4 is 10.1 Å². The van der Waals surface area contributed by atoms with E-state index in [0.717, 1.165) is 5.56 Å². The third-order valence-electron chi connectivity index (χ3n) is 2.88. The molecule has 7 heteroatoms. The molecule has 5 nitrogen and oxygen atoms in total. The Labute approximate surface area is 126 Å². The van der Waals surface area contributed by atoms with Crippen molar-refractivity contribution in [2.45, 2.75) is 18.8 Å². The highest BCUT2D eigenvalue weighted by Gasteiger charge is 2.19. The number of para-hydroxylation sites is 1. The number of amides is 1.